The minimum absolute atomic E-state index is 0.815. The first-order valence-corrected chi connectivity index (χ1v) is 7.18. The minimum Gasteiger partial charge on any atom is -0.0964 e. The van der Waals surface area contributed by atoms with E-state index in [1.165, 1.54) is 33.4 Å². The molecule has 0 N–H and O–H groups in total. The van der Waals surface area contributed by atoms with E-state index in [0.717, 1.165) is 5.46 Å². The molecule has 0 unspecified atom stereocenters. The average Bonchev–Trinajstić information content (AvgIpc) is 2.49. The predicted octanol–water partition coefficient (Wildman–Crippen LogP) is 4.43. The van der Waals surface area contributed by atoms with Crippen molar-refractivity contribution >= 4 is 13.3 Å². The molecule has 0 amide bonds. The van der Waals surface area contributed by atoms with Crippen molar-refractivity contribution in [3.05, 3.63) is 77.9 Å². The van der Waals surface area contributed by atoms with Crippen LogP contribution in [-0.2, 0) is 0 Å². The van der Waals surface area contributed by atoms with Gasteiger partial charge < -0.3 is 0 Å². The van der Waals surface area contributed by atoms with Gasteiger partial charge >= 0.3 is 0 Å². The van der Waals surface area contributed by atoms with E-state index in [4.69, 9.17) is 7.85 Å². The molecular weight excluding hydrogens is 251 g/mol. The van der Waals surface area contributed by atoms with Crippen molar-refractivity contribution in [2.75, 3.05) is 0 Å². The molecule has 0 aromatic heterocycles. The van der Waals surface area contributed by atoms with E-state index in [0.29, 0.717) is 0 Å². The van der Waals surface area contributed by atoms with Crippen molar-refractivity contribution in [3.8, 4) is 22.3 Å². The van der Waals surface area contributed by atoms with E-state index in [9.17, 15) is 0 Å². The van der Waals surface area contributed by atoms with E-state index in [-0.39, 0.29) is 0 Å². The van der Waals surface area contributed by atoms with Gasteiger partial charge in [0, 0.05) is 0 Å². The largest absolute Gasteiger partial charge is 0.113 e. The van der Waals surface area contributed by atoms with Crippen LogP contribution in [0.1, 0.15) is 11.1 Å². The third-order valence-electron chi connectivity index (χ3n) is 3.87. The van der Waals surface area contributed by atoms with Crippen LogP contribution in [0.2, 0.25) is 0 Å². The molecule has 0 bridgehead atoms. The van der Waals surface area contributed by atoms with E-state index < -0.39 is 0 Å². The van der Waals surface area contributed by atoms with Crippen LogP contribution in [0.15, 0.2) is 66.7 Å². The number of rotatable bonds is 2. The highest BCUT2D eigenvalue weighted by Gasteiger charge is 2.07. The molecule has 0 aliphatic heterocycles. The van der Waals surface area contributed by atoms with Crippen LogP contribution >= 0.6 is 0 Å². The lowest BCUT2D eigenvalue weighted by molar-refractivity contribution is 1.41. The molecule has 0 aliphatic carbocycles. The summed E-state index contributed by atoms with van der Waals surface area (Å²) in [4.78, 5) is 0. The van der Waals surface area contributed by atoms with Gasteiger partial charge in [0.15, 0.2) is 0 Å². The Bertz CT molecular complexity index is 773. The van der Waals surface area contributed by atoms with E-state index in [2.05, 4.69) is 62.4 Å². The van der Waals surface area contributed by atoms with Crippen molar-refractivity contribution in [2.45, 2.75) is 13.8 Å². The number of aryl methyl sites for hydroxylation is 2. The van der Waals surface area contributed by atoms with Gasteiger partial charge in [-0.25, -0.2) is 0 Å². The van der Waals surface area contributed by atoms with Gasteiger partial charge in [0.05, 0.1) is 0 Å². The molecule has 3 rings (SSSR count). The molecule has 0 aliphatic rings. The highest BCUT2D eigenvalue weighted by atomic mass is 14.1. The Morgan fingerprint density at radius 3 is 1.86 bits per heavy atom. The fourth-order valence-electron chi connectivity index (χ4n) is 2.77. The fraction of sp³-hybridized carbons (Fsp3) is 0.100. The topological polar surface area (TPSA) is 0 Å². The summed E-state index contributed by atoms with van der Waals surface area (Å²) < 4.78 is 0. The molecular formula is C20H17B. The summed E-state index contributed by atoms with van der Waals surface area (Å²) in [6, 6.07) is 23.2. The van der Waals surface area contributed by atoms with Gasteiger partial charge in [0.1, 0.15) is 7.85 Å². The van der Waals surface area contributed by atoms with Gasteiger partial charge in [-0.05, 0) is 47.2 Å². The molecule has 0 saturated heterocycles. The lowest BCUT2D eigenvalue weighted by Gasteiger charge is -2.12. The van der Waals surface area contributed by atoms with Crippen LogP contribution in [0.4, 0.5) is 0 Å². The van der Waals surface area contributed by atoms with Gasteiger partial charge in [-0.1, -0.05) is 72.2 Å². The minimum atomic E-state index is 0.815. The summed E-state index contributed by atoms with van der Waals surface area (Å²) in [5, 5.41) is 0. The standard InChI is InChI=1S/C20H17B/c1-14-12-17(16-6-4-3-5-7-16)8-10-19(14)20-11-9-18(21)13-15(20)2/h3-13H,1-2H3. The molecule has 0 saturated carbocycles. The maximum absolute atomic E-state index is 5.84. The van der Waals surface area contributed by atoms with Gasteiger partial charge in [-0.3, -0.25) is 0 Å². The average molecular weight is 268 g/mol. The molecule has 0 atom stereocenters. The molecule has 0 spiro atoms. The normalized spacial score (nSPS) is 10.6. The Morgan fingerprint density at radius 2 is 1.24 bits per heavy atom. The van der Waals surface area contributed by atoms with E-state index >= 15 is 0 Å². The Balaban J connectivity index is 2.06. The Kier molecular flexibility index (Phi) is 3.66. The molecule has 0 nitrogen and oxygen atoms in total. The monoisotopic (exact) mass is 268 g/mol. The first-order valence-electron chi connectivity index (χ1n) is 7.18. The smallest absolute Gasteiger partial charge is 0.0964 e. The molecule has 3 aromatic rings. The zero-order valence-electron chi connectivity index (χ0n) is 12.4. The third-order valence-corrected chi connectivity index (χ3v) is 3.87. The van der Waals surface area contributed by atoms with E-state index in [1.807, 2.05) is 18.2 Å². The summed E-state index contributed by atoms with van der Waals surface area (Å²) in [6.45, 7) is 4.27. The van der Waals surface area contributed by atoms with Crippen LogP contribution in [0.25, 0.3) is 22.3 Å². The quantitative estimate of drug-likeness (QED) is 0.603. The summed E-state index contributed by atoms with van der Waals surface area (Å²) >= 11 is 0. The fourth-order valence-corrected chi connectivity index (χ4v) is 2.77. The van der Waals surface area contributed by atoms with Crippen molar-refractivity contribution in [2.24, 2.45) is 0 Å². The van der Waals surface area contributed by atoms with Crippen molar-refractivity contribution in [1.29, 1.82) is 0 Å². The van der Waals surface area contributed by atoms with Crippen molar-refractivity contribution < 1.29 is 0 Å². The van der Waals surface area contributed by atoms with Gasteiger partial charge in [-0.15, -0.1) is 0 Å². The summed E-state index contributed by atoms with van der Waals surface area (Å²) in [5.41, 5.74) is 8.34. The Labute approximate surface area is 127 Å². The van der Waals surface area contributed by atoms with Crippen molar-refractivity contribution in [3.63, 3.8) is 0 Å². The summed E-state index contributed by atoms with van der Waals surface area (Å²) in [7, 11) is 5.84. The lowest BCUT2D eigenvalue weighted by atomic mass is 9.88. The Morgan fingerprint density at radius 1 is 0.619 bits per heavy atom. The van der Waals surface area contributed by atoms with Gasteiger partial charge in [-0.2, -0.15) is 0 Å². The van der Waals surface area contributed by atoms with E-state index in [1.54, 1.807) is 0 Å². The maximum atomic E-state index is 5.84. The van der Waals surface area contributed by atoms with Crippen LogP contribution in [0.3, 0.4) is 0 Å². The summed E-state index contributed by atoms with van der Waals surface area (Å²) in [5.74, 6) is 0. The highest BCUT2D eigenvalue weighted by Crippen LogP contribution is 2.29. The molecule has 1 heteroatoms. The maximum Gasteiger partial charge on any atom is 0.113 e. The number of hydrogen-bond donors (Lipinski definition) is 0. The lowest BCUT2D eigenvalue weighted by Crippen LogP contribution is -2.02. The molecule has 0 heterocycles. The second kappa shape index (κ2) is 5.61. The number of benzene rings is 3. The SMILES string of the molecule is [B]c1ccc(-c2ccc(-c3ccccc3)cc2C)c(C)c1. The second-order valence-corrected chi connectivity index (χ2v) is 5.47. The highest BCUT2D eigenvalue weighted by molar-refractivity contribution is 6.32. The second-order valence-electron chi connectivity index (χ2n) is 5.47. The molecule has 21 heavy (non-hydrogen) atoms. The summed E-state index contributed by atoms with van der Waals surface area (Å²) in [6.07, 6.45) is 0. The van der Waals surface area contributed by atoms with Gasteiger partial charge in [0.25, 0.3) is 0 Å². The van der Waals surface area contributed by atoms with Crippen LogP contribution in [0, 0.1) is 13.8 Å². The zero-order valence-corrected chi connectivity index (χ0v) is 12.4. The van der Waals surface area contributed by atoms with Crippen LogP contribution < -0.4 is 5.46 Å². The molecule has 3 aromatic carbocycles. The van der Waals surface area contributed by atoms with Crippen LogP contribution in [-0.4, -0.2) is 7.85 Å². The predicted molar refractivity (Wildman–Crippen MR) is 92.2 cm³/mol. The third kappa shape index (κ3) is 2.78. The first-order chi connectivity index (χ1) is 10.1. The zero-order chi connectivity index (χ0) is 14.8. The molecule has 2 radical (unpaired) electrons. The van der Waals surface area contributed by atoms with Crippen molar-refractivity contribution in [1.82, 2.24) is 0 Å². The number of hydrogen-bond acceptors (Lipinski definition) is 0. The molecule has 0 fully saturated rings. The Hall–Kier alpha value is -2.28. The van der Waals surface area contributed by atoms with Crippen LogP contribution in [0.5, 0.6) is 0 Å². The first kappa shape index (κ1) is 13.7. The molecule has 100 valence electrons. The van der Waals surface area contributed by atoms with Gasteiger partial charge in [0.2, 0.25) is 0 Å².